The topological polar surface area (TPSA) is 71.3 Å². The number of carbonyl (C=O) groups is 1. The zero-order valence-electron chi connectivity index (χ0n) is 15.9. The van der Waals surface area contributed by atoms with Gasteiger partial charge in [0.05, 0.1) is 24.3 Å². The van der Waals surface area contributed by atoms with Crippen LogP contribution in [0.2, 0.25) is 5.02 Å². The average molecular weight is 439 g/mol. The predicted octanol–water partition coefficient (Wildman–Crippen LogP) is 4.87. The van der Waals surface area contributed by atoms with Crippen LogP contribution in [0.15, 0.2) is 52.9 Å². The van der Waals surface area contributed by atoms with Gasteiger partial charge in [-0.3, -0.25) is 9.69 Å². The predicted molar refractivity (Wildman–Crippen MR) is 106 cm³/mol. The van der Waals surface area contributed by atoms with Crippen LogP contribution in [-0.4, -0.2) is 34.1 Å². The molecule has 0 spiro atoms. The van der Waals surface area contributed by atoms with E-state index in [0.29, 0.717) is 23.0 Å². The lowest BCUT2D eigenvalue weighted by molar-refractivity contribution is -0.137. The highest BCUT2D eigenvalue weighted by molar-refractivity contribution is 6.30. The maximum atomic E-state index is 13.1. The lowest BCUT2D eigenvalue weighted by Crippen LogP contribution is -2.33. The van der Waals surface area contributed by atoms with E-state index in [1.54, 1.807) is 29.2 Å². The first-order valence-corrected chi connectivity index (χ1v) is 9.41. The first kappa shape index (κ1) is 21.8. The van der Waals surface area contributed by atoms with Gasteiger partial charge in [0.1, 0.15) is 0 Å². The molecule has 1 amide bonds. The first-order chi connectivity index (χ1) is 14.3. The standard InChI is InChI=1S/C20H18ClF3N4O2/c1-2-28(11-17(29)25-16-6-4-3-5-15(16)20(22,23)24)12-18-26-27-19(30-18)13-7-9-14(21)10-8-13/h3-10H,2,11-12H2,1H3,(H,25,29). The van der Waals surface area contributed by atoms with E-state index in [2.05, 4.69) is 15.5 Å². The molecule has 3 rings (SSSR count). The van der Waals surface area contributed by atoms with Crippen LogP contribution in [0.3, 0.4) is 0 Å². The fourth-order valence-corrected chi connectivity index (χ4v) is 2.86. The number of halogens is 4. The van der Waals surface area contributed by atoms with Crippen molar-refractivity contribution in [2.75, 3.05) is 18.4 Å². The first-order valence-electron chi connectivity index (χ1n) is 9.03. The molecule has 158 valence electrons. The number of carbonyl (C=O) groups excluding carboxylic acids is 1. The number of alkyl halides is 3. The quantitative estimate of drug-likeness (QED) is 0.570. The van der Waals surface area contributed by atoms with Crippen LogP contribution >= 0.6 is 11.6 Å². The molecular weight excluding hydrogens is 421 g/mol. The van der Waals surface area contributed by atoms with Crippen LogP contribution in [0.25, 0.3) is 11.5 Å². The molecule has 1 N–H and O–H groups in total. The molecular formula is C20H18ClF3N4O2. The fourth-order valence-electron chi connectivity index (χ4n) is 2.73. The van der Waals surface area contributed by atoms with Crippen LogP contribution in [0.1, 0.15) is 18.4 Å². The van der Waals surface area contributed by atoms with E-state index in [1.165, 1.54) is 18.2 Å². The zero-order valence-corrected chi connectivity index (χ0v) is 16.7. The van der Waals surface area contributed by atoms with E-state index < -0.39 is 17.6 Å². The van der Waals surface area contributed by atoms with Crippen LogP contribution in [0.4, 0.5) is 18.9 Å². The van der Waals surface area contributed by atoms with Crippen molar-refractivity contribution >= 4 is 23.2 Å². The number of anilines is 1. The molecule has 0 radical (unpaired) electrons. The Morgan fingerprint density at radius 1 is 1.13 bits per heavy atom. The van der Waals surface area contributed by atoms with Gasteiger partial charge in [-0.1, -0.05) is 30.7 Å². The Bertz CT molecular complexity index is 1010. The maximum Gasteiger partial charge on any atom is 0.418 e. The van der Waals surface area contributed by atoms with Crippen molar-refractivity contribution < 1.29 is 22.4 Å². The molecule has 1 heterocycles. The van der Waals surface area contributed by atoms with Crippen LogP contribution < -0.4 is 5.32 Å². The Balaban J connectivity index is 1.64. The minimum Gasteiger partial charge on any atom is -0.419 e. The summed E-state index contributed by atoms with van der Waals surface area (Å²) < 4.78 is 44.9. The number of hydrogen-bond donors (Lipinski definition) is 1. The molecule has 0 bridgehead atoms. The summed E-state index contributed by atoms with van der Waals surface area (Å²) >= 11 is 5.86. The van der Waals surface area contributed by atoms with E-state index in [4.69, 9.17) is 16.0 Å². The molecule has 3 aromatic rings. The summed E-state index contributed by atoms with van der Waals surface area (Å²) in [5.74, 6) is 0.0116. The molecule has 0 unspecified atom stereocenters. The number of nitrogens with zero attached hydrogens (tertiary/aromatic N) is 3. The molecule has 0 fully saturated rings. The van der Waals surface area contributed by atoms with Gasteiger partial charge < -0.3 is 9.73 Å². The second kappa shape index (κ2) is 9.27. The third kappa shape index (κ3) is 5.58. The molecule has 6 nitrogen and oxygen atoms in total. The summed E-state index contributed by atoms with van der Waals surface area (Å²) in [6.45, 7) is 2.30. The summed E-state index contributed by atoms with van der Waals surface area (Å²) in [4.78, 5) is 14.0. The fraction of sp³-hybridized carbons (Fsp3) is 0.250. The largest absolute Gasteiger partial charge is 0.419 e. The van der Waals surface area contributed by atoms with Crippen LogP contribution in [0.5, 0.6) is 0 Å². The van der Waals surface area contributed by atoms with Gasteiger partial charge in [-0.25, -0.2) is 0 Å². The Hall–Kier alpha value is -2.91. The van der Waals surface area contributed by atoms with E-state index in [9.17, 15) is 18.0 Å². The molecule has 0 aliphatic rings. The van der Waals surface area contributed by atoms with Crippen LogP contribution in [-0.2, 0) is 17.5 Å². The second-order valence-electron chi connectivity index (χ2n) is 6.40. The second-order valence-corrected chi connectivity index (χ2v) is 6.84. The van der Waals surface area contributed by atoms with Gasteiger partial charge in [-0.15, -0.1) is 10.2 Å². The summed E-state index contributed by atoms with van der Waals surface area (Å²) in [5.41, 5.74) is -0.484. The molecule has 10 heteroatoms. The number of nitrogens with one attached hydrogen (secondary N) is 1. The molecule has 0 atom stereocenters. The van der Waals surface area contributed by atoms with Gasteiger partial charge in [0.25, 0.3) is 0 Å². The SMILES string of the molecule is CCN(CC(=O)Nc1ccccc1C(F)(F)F)Cc1nnc(-c2ccc(Cl)cc2)o1. The molecule has 1 aromatic heterocycles. The molecule has 0 aliphatic heterocycles. The third-order valence-electron chi connectivity index (χ3n) is 4.24. The van der Waals surface area contributed by atoms with Gasteiger partial charge in [-0.2, -0.15) is 13.2 Å². The number of aromatic nitrogens is 2. The Labute approximate surface area is 175 Å². The Morgan fingerprint density at radius 2 is 1.83 bits per heavy atom. The maximum absolute atomic E-state index is 13.1. The van der Waals surface area contributed by atoms with E-state index in [1.807, 2.05) is 6.92 Å². The number of likely N-dealkylation sites (N-methyl/N-ethyl adjacent to an activating group) is 1. The normalized spacial score (nSPS) is 11.7. The monoisotopic (exact) mass is 438 g/mol. The Kier molecular flexibility index (Phi) is 6.73. The highest BCUT2D eigenvalue weighted by Gasteiger charge is 2.33. The summed E-state index contributed by atoms with van der Waals surface area (Å²) in [5, 5.41) is 10.8. The highest BCUT2D eigenvalue weighted by Crippen LogP contribution is 2.34. The van der Waals surface area contributed by atoms with Crippen molar-refractivity contribution in [1.82, 2.24) is 15.1 Å². The molecule has 0 aliphatic carbocycles. The van der Waals surface area contributed by atoms with E-state index in [-0.39, 0.29) is 24.7 Å². The Morgan fingerprint density at radius 3 is 2.50 bits per heavy atom. The van der Waals surface area contributed by atoms with Crippen molar-refractivity contribution in [3.8, 4) is 11.5 Å². The van der Waals surface area contributed by atoms with Gasteiger partial charge in [0.15, 0.2) is 0 Å². The number of para-hydroxylation sites is 1. The molecule has 30 heavy (non-hydrogen) atoms. The summed E-state index contributed by atoms with van der Waals surface area (Å²) in [7, 11) is 0. The van der Waals surface area contributed by atoms with Crippen LogP contribution in [0, 0.1) is 0 Å². The van der Waals surface area contributed by atoms with E-state index >= 15 is 0 Å². The van der Waals surface area contributed by atoms with Gasteiger partial charge in [-0.05, 0) is 42.9 Å². The van der Waals surface area contributed by atoms with Gasteiger partial charge >= 0.3 is 6.18 Å². The van der Waals surface area contributed by atoms with Gasteiger partial charge in [0, 0.05) is 10.6 Å². The minimum atomic E-state index is -4.56. The summed E-state index contributed by atoms with van der Waals surface area (Å²) in [6, 6.07) is 11.7. The molecule has 0 saturated heterocycles. The van der Waals surface area contributed by atoms with E-state index in [0.717, 1.165) is 6.07 Å². The number of amides is 1. The average Bonchev–Trinajstić information content (AvgIpc) is 3.16. The van der Waals surface area contributed by atoms with Crippen molar-refractivity contribution in [2.45, 2.75) is 19.6 Å². The number of benzene rings is 2. The van der Waals surface area contributed by atoms with Crippen molar-refractivity contribution in [2.24, 2.45) is 0 Å². The smallest absolute Gasteiger partial charge is 0.418 e. The number of hydrogen-bond acceptors (Lipinski definition) is 5. The van der Waals surface area contributed by atoms with Crippen molar-refractivity contribution in [1.29, 1.82) is 0 Å². The van der Waals surface area contributed by atoms with Gasteiger partial charge in [0.2, 0.25) is 17.7 Å². The lowest BCUT2D eigenvalue weighted by Gasteiger charge is -2.19. The highest BCUT2D eigenvalue weighted by atomic mass is 35.5. The molecule has 0 saturated carbocycles. The van der Waals surface area contributed by atoms with Crippen molar-refractivity contribution in [3.05, 3.63) is 65.0 Å². The molecule has 2 aromatic carbocycles. The number of rotatable bonds is 7. The third-order valence-corrected chi connectivity index (χ3v) is 4.49. The lowest BCUT2D eigenvalue weighted by atomic mass is 10.1. The zero-order chi connectivity index (χ0) is 21.7. The minimum absolute atomic E-state index is 0.138. The van der Waals surface area contributed by atoms with Crippen molar-refractivity contribution in [3.63, 3.8) is 0 Å². The summed E-state index contributed by atoms with van der Waals surface area (Å²) in [6.07, 6.45) is -4.56.